The second-order valence-corrected chi connectivity index (χ2v) is 7.42. The fraction of sp³-hybridized carbons (Fsp3) is 0.941. The third kappa shape index (κ3) is 3.59. The standard InChI is InChI=1S/C17H30N2O2/c1-13-11-16(20)7-10-19(13)12-14-5-8-18(9-6-14)17(21)15-3-2-4-15/h13-16,20H,2-12H2,1H3. The molecule has 2 aliphatic heterocycles. The summed E-state index contributed by atoms with van der Waals surface area (Å²) < 4.78 is 0. The van der Waals surface area contributed by atoms with Crippen molar-refractivity contribution < 1.29 is 9.90 Å². The van der Waals surface area contributed by atoms with Crippen molar-refractivity contribution in [2.24, 2.45) is 11.8 Å². The van der Waals surface area contributed by atoms with Gasteiger partial charge in [0.15, 0.2) is 0 Å². The van der Waals surface area contributed by atoms with Gasteiger partial charge in [-0.25, -0.2) is 0 Å². The molecule has 4 nitrogen and oxygen atoms in total. The molecule has 0 spiro atoms. The predicted molar refractivity (Wildman–Crippen MR) is 82.9 cm³/mol. The Bertz CT molecular complexity index is 362. The number of rotatable bonds is 3. The van der Waals surface area contributed by atoms with Crippen molar-refractivity contribution in [3.8, 4) is 0 Å². The van der Waals surface area contributed by atoms with E-state index in [9.17, 15) is 9.90 Å². The number of likely N-dealkylation sites (tertiary alicyclic amines) is 2. The fourth-order valence-corrected chi connectivity index (χ4v) is 4.05. The van der Waals surface area contributed by atoms with Gasteiger partial charge in [-0.2, -0.15) is 0 Å². The van der Waals surface area contributed by atoms with Crippen molar-refractivity contribution in [1.29, 1.82) is 0 Å². The van der Waals surface area contributed by atoms with Gasteiger partial charge in [0.2, 0.25) is 5.91 Å². The first-order valence-electron chi connectivity index (χ1n) is 8.84. The first kappa shape index (κ1) is 15.3. The van der Waals surface area contributed by atoms with Gasteiger partial charge in [0.1, 0.15) is 0 Å². The molecule has 1 aliphatic carbocycles. The Morgan fingerprint density at radius 3 is 2.38 bits per heavy atom. The van der Waals surface area contributed by atoms with E-state index in [2.05, 4.69) is 16.7 Å². The van der Waals surface area contributed by atoms with Crippen LogP contribution < -0.4 is 0 Å². The van der Waals surface area contributed by atoms with Crippen LogP contribution in [0.25, 0.3) is 0 Å². The molecule has 2 atom stereocenters. The second kappa shape index (κ2) is 6.66. The minimum absolute atomic E-state index is 0.0989. The minimum Gasteiger partial charge on any atom is -0.393 e. The number of carbonyl (C=O) groups excluding carboxylic acids is 1. The molecular formula is C17H30N2O2. The summed E-state index contributed by atoms with van der Waals surface area (Å²) in [5.41, 5.74) is 0. The lowest BCUT2D eigenvalue weighted by Crippen LogP contribution is -2.48. The van der Waals surface area contributed by atoms with Crippen LogP contribution in [-0.4, -0.2) is 59.1 Å². The summed E-state index contributed by atoms with van der Waals surface area (Å²) in [6.07, 6.45) is 7.53. The van der Waals surface area contributed by atoms with E-state index in [-0.39, 0.29) is 6.10 Å². The Hall–Kier alpha value is -0.610. The van der Waals surface area contributed by atoms with Gasteiger partial charge < -0.3 is 14.9 Å². The van der Waals surface area contributed by atoms with Crippen LogP contribution in [0.3, 0.4) is 0 Å². The van der Waals surface area contributed by atoms with Crippen molar-refractivity contribution >= 4 is 5.91 Å². The van der Waals surface area contributed by atoms with Gasteiger partial charge in [-0.05, 0) is 51.4 Å². The van der Waals surface area contributed by atoms with Gasteiger partial charge in [0.05, 0.1) is 6.10 Å². The second-order valence-electron chi connectivity index (χ2n) is 7.42. The smallest absolute Gasteiger partial charge is 0.225 e. The molecule has 0 aromatic rings. The number of piperidine rings is 2. The van der Waals surface area contributed by atoms with Crippen LogP contribution in [0.4, 0.5) is 0 Å². The summed E-state index contributed by atoms with van der Waals surface area (Å²) in [7, 11) is 0. The molecule has 2 unspecified atom stereocenters. The van der Waals surface area contributed by atoms with E-state index in [1.807, 2.05) is 0 Å². The summed E-state index contributed by atoms with van der Waals surface area (Å²) in [6, 6.07) is 0.503. The Kier molecular flexibility index (Phi) is 4.85. The zero-order chi connectivity index (χ0) is 14.8. The quantitative estimate of drug-likeness (QED) is 0.864. The van der Waals surface area contributed by atoms with Gasteiger partial charge in [0.25, 0.3) is 0 Å². The number of carbonyl (C=O) groups is 1. The molecule has 1 N–H and O–H groups in total. The molecule has 2 heterocycles. The van der Waals surface area contributed by atoms with E-state index >= 15 is 0 Å². The predicted octanol–water partition coefficient (Wildman–Crippen LogP) is 1.87. The molecule has 3 fully saturated rings. The first-order chi connectivity index (χ1) is 10.1. The molecule has 2 saturated heterocycles. The Labute approximate surface area is 128 Å². The van der Waals surface area contributed by atoms with Crippen LogP contribution in [0.15, 0.2) is 0 Å². The molecule has 3 aliphatic rings. The molecule has 0 aromatic carbocycles. The lowest BCUT2D eigenvalue weighted by molar-refractivity contribution is -0.139. The third-order valence-electron chi connectivity index (χ3n) is 5.86. The molecule has 1 amide bonds. The zero-order valence-electron chi connectivity index (χ0n) is 13.3. The van der Waals surface area contributed by atoms with Crippen molar-refractivity contribution in [2.75, 3.05) is 26.2 Å². The van der Waals surface area contributed by atoms with E-state index in [1.165, 1.54) is 6.42 Å². The molecular weight excluding hydrogens is 264 g/mol. The van der Waals surface area contributed by atoms with E-state index in [0.29, 0.717) is 17.9 Å². The summed E-state index contributed by atoms with van der Waals surface area (Å²) in [4.78, 5) is 16.9. The number of hydrogen-bond acceptors (Lipinski definition) is 3. The molecule has 3 rings (SSSR count). The normalized spacial score (nSPS) is 33.0. The van der Waals surface area contributed by atoms with Crippen molar-refractivity contribution in [1.82, 2.24) is 9.80 Å². The first-order valence-corrected chi connectivity index (χ1v) is 8.84. The van der Waals surface area contributed by atoms with E-state index in [0.717, 1.165) is 70.6 Å². The molecule has 0 aromatic heterocycles. The highest BCUT2D eigenvalue weighted by atomic mass is 16.3. The van der Waals surface area contributed by atoms with Crippen LogP contribution in [0.2, 0.25) is 0 Å². The van der Waals surface area contributed by atoms with E-state index < -0.39 is 0 Å². The van der Waals surface area contributed by atoms with Gasteiger partial charge in [-0.1, -0.05) is 6.42 Å². The molecule has 1 saturated carbocycles. The number of amides is 1. The minimum atomic E-state index is -0.0989. The SMILES string of the molecule is CC1CC(O)CCN1CC1CCN(C(=O)C2CCC2)CC1. The Balaban J connectivity index is 1.42. The lowest BCUT2D eigenvalue weighted by atomic mass is 9.83. The monoisotopic (exact) mass is 294 g/mol. The summed E-state index contributed by atoms with van der Waals surface area (Å²) in [5.74, 6) is 1.51. The van der Waals surface area contributed by atoms with Gasteiger partial charge in [-0.3, -0.25) is 4.79 Å². The topological polar surface area (TPSA) is 43.8 Å². The number of aliphatic hydroxyl groups excluding tert-OH is 1. The molecule has 120 valence electrons. The Morgan fingerprint density at radius 2 is 1.81 bits per heavy atom. The van der Waals surface area contributed by atoms with Gasteiger partial charge >= 0.3 is 0 Å². The number of nitrogens with zero attached hydrogens (tertiary/aromatic N) is 2. The van der Waals surface area contributed by atoms with Crippen LogP contribution in [0.1, 0.15) is 51.9 Å². The van der Waals surface area contributed by atoms with Gasteiger partial charge in [-0.15, -0.1) is 0 Å². The molecule has 4 heteroatoms. The van der Waals surface area contributed by atoms with E-state index in [4.69, 9.17) is 0 Å². The highest BCUT2D eigenvalue weighted by Gasteiger charge is 2.33. The number of hydrogen-bond donors (Lipinski definition) is 1. The van der Waals surface area contributed by atoms with Crippen molar-refractivity contribution in [3.63, 3.8) is 0 Å². The van der Waals surface area contributed by atoms with Crippen molar-refractivity contribution in [2.45, 2.75) is 64.0 Å². The Morgan fingerprint density at radius 1 is 1.10 bits per heavy atom. The maximum absolute atomic E-state index is 12.3. The highest BCUT2D eigenvalue weighted by molar-refractivity contribution is 5.79. The summed E-state index contributed by atoms with van der Waals surface area (Å²) in [6.45, 7) is 6.34. The lowest BCUT2D eigenvalue weighted by Gasteiger charge is -2.41. The summed E-state index contributed by atoms with van der Waals surface area (Å²) in [5, 5.41) is 9.71. The average Bonchev–Trinajstić information content (AvgIpc) is 2.41. The maximum atomic E-state index is 12.3. The van der Waals surface area contributed by atoms with Gasteiger partial charge in [0, 0.05) is 38.1 Å². The molecule has 0 bridgehead atoms. The van der Waals surface area contributed by atoms with Crippen LogP contribution in [-0.2, 0) is 4.79 Å². The average molecular weight is 294 g/mol. The zero-order valence-corrected chi connectivity index (χ0v) is 13.3. The molecule has 0 radical (unpaired) electrons. The third-order valence-corrected chi connectivity index (χ3v) is 5.86. The van der Waals surface area contributed by atoms with Crippen LogP contribution in [0.5, 0.6) is 0 Å². The largest absolute Gasteiger partial charge is 0.393 e. The van der Waals surface area contributed by atoms with Crippen LogP contribution >= 0.6 is 0 Å². The van der Waals surface area contributed by atoms with E-state index in [1.54, 1.807) is 0 Å². The molecule has 21 heavy (non-hydrogen) atoms. The summed E-state index contributed by atoms with van der Waals surface area (Å²) >= 11 is 0. The van der Waals surface area contributed by atoms with Crippen molar-refractivity contribution in [3.05, 3.63) is 0 Å². The highest BCUT2D eigenvalue weighted by Crippen LogP contribution is 2.30. The fourth-order valence-electron chi connectivity index (χ4n) is 4.05. The number of aliphatic hydroxyl groups is 1. The maximum Gasteiger partial charge on any atom is 0.225 e. The van der Waals surface area contributed by atoms with Crippen LogP contribution in [0, 0.1) is 11.8 Å².